The maximum absolute atomic E-state index is 13.6. The number of likely N-dealkylation sites (tertiary alicyclic amines) is 1. The molecule has 1 aliphatic heterocycles. The average molecular weight is 615 g/mol. The van der Waals surface area contributed by atoms with Crippen LogP contribution in [0.15, 0.2) is 54.9 Å². The number of hydrogen-bond donors (Lipinski definition) is 1. The summed E-state index contributed by atoms with van der Waals surface area (Å²) in [5.41, 5.74) is 3.52. The second kappa shape index (κ2) is 13.5. The molecule has 44 heavy (non-hydrogen) atoms. The number of nitrogens with zero attached hydrogens (tertiary/aromatic N) is 5. The van der Waals surface area contributed by atoms with Crippen molar-refractivity contribution >= 4 is 41.2 Å². The van der Waals surface area contributed by atoms with Crippen LogP contribution in [0.4, 0.5) is 16.3 Å². The number of carbonyl (C=O) groups is 1. The van der Waals surface area contributed by atoms with Gasteiger partial charge in [-0.15, -0.1) is 0 Å². The minimum Gasteiger partial charge on any atom is -0.410 e. The predicted molar refractivity (Wildman–Crippen MR) is 176 cm³/mol. The number of rotatable bonds is 12. The maximum atomic E-state index is 13.6. The molecule has 1 saturated heterocycles. The molecule has 1 amide bonds. The summed E-state index contributed by atoms with van der Waals surface area (Å²) in [7, 11) is -2.37. The van der Waals surface area contributed by atoms with Gasteiger partial charge in [0, 0.05) is 48.9 Å². The lowest BCUT2D eigenvalue weighted by molar-refractivity contribution is 0.125. The fraction of sp³-hybridized carbons (Fsp3) is 0.471. The Morgan fingerprint density at radius 3 is 2.43 bits per heavy atom. The minimum atomic E-state index is -2.37. The van der Waals surface area contributed by atoms with E-state index >= 15 is 0 Å². The quantitative estimate of drug-likeness (QED) is 0.165. The number of ether oxygens (including phenoxy) is 1. The maximum Gasteiger partial charge on any atom is 0.415 e. The lowest BCUT2D eigenvalue weighted by atomic mass is 10.1. The molecule has 1 saturated carbocycles. The minimum absolute atomic E-state index is 0.282. The number of fused-ring (bicyclic) bond motifs is 1. The van der Waals surface area contributed by atoms with E-state index in [1.807, 2.05) is 48.8 Å². The van der Waals surface area contributed by atoms with Crippen LogP contribution in [0.5, 0.6) is 5.75 Å². The molecule has 1 N–H and O–H groups in total. The summed E-state index contributed by atoms with van der Waals surface area (Å²) in [6.45, 7) is 6.41. The molecule has 232 valence electrons. The summed E-state index contributed by atoms with van der Waals surface area (Å²) in [6, 6.07) is 15.8. The van der Waals surface area contributed by atoms with Crippen LogP contribution in [-0.4, -0.2) is 55.9 Å². The van der Waals surface area contributed by atoms with Gasteiger partial charge in [-0.05, 0) is 80.5 Å². The van der Waals surface area contributed by atoms with Crippen LogP contribution in [0.2, 0.25) is 0 Å². The van der Waals surface area contributed by atoms with Crippen LogP contribution in [-0.2, 0) is 17.5 Å². The fourth-order valence-corrected chi connectivity index (χ4v) is 9.18. The van der Waals surface area contributed by atoms with E-state index in [4.69, 9.17) is 19.7 Å². The third-order valence-corrected chi connectivity index (χ3v) is 12.4. The fourth-order valence-electron chi connectivity index (χ4n) is 6.30. The lowest BCUT2D eigenvalue weighted by Crippen LogP contribution is -2.43. The number of hydrogen-bond acceptors (Lipinski definition) is 7. The second-order valence-electron chi connectivity index (χ2n) is 12.1. The number of aromatic nitrogens is 4. The first-order valence-corrected chi connectivity index (χ1v) is 18.3. The molecule has 10 heteroatoms. The molecule has 0 radical (unpaired) electrons. The van der Waals surface area contributed by atoms with Crippen LogP contribution in [0.3, 0.4) is 0 Å². The molecule has 0 unspecified atom stereocenters. The summed E-state index contributed by atoms with van der Waals surface area (Å²) in [5.74, 6) is 2.48. The Labute approximate surface area is 259 Å². The first-order chi connectivity index (χ1) is 21.5. The molecule has 1 aliphatic carbocycles. The topological polar surface area (TPSA) is 102 Å². The van der Waals surface area contributed by atoms with Crippen molar-refractivity contribution in [3.05, 3.63) is 66.2 Å². The van der Waals surface area contributed by atoms with Gasteiger partial charge in [0.1, 0.15) is 18.7 Å². The lowest BCUT2D eigenvalue weighted by Gasteiger charge is -2.29. The average Bonchev–Trinajstić information content (AvgIpc) is 3.67. The van der Waals surface area contributed by atoms with Gasteiger partial charge in [-0.3, -0.25) is 0 Å². The highest BCUT2D eigenvalue weighted by molar-refractivity contribution is 7.71. The van der Waals surface area contributed by atoms with Gasteiger partial charge in [-0.25, -0.2) is 19.7 Å². The molecule has 0 atom stereocenters. The number of benzene rings is 2. The molecule has 2 aromatic carbocycles. The Morgan fingerprint density at radius 1 is 1.00 bits per heavy atom. The van der Waals surface area contributed by atoms with E-state index in [9.17, 15) is 9.36 Å². The van der Waals surface area contributed by atoms with E-state index in [1.54, 1.807) is 4.90 Å². The van der Waals surface area contributed by atoms with E-state index in [-0.39, 0.29) is 6.09 Å². The molecule has 9 nitrogen and oxygen atoms in total. The third-order valence-electron chi connectivity index (χ3n) is 8.83. The van der Waals surface area contributed by atoms with E-state index in [2.05, 4.69) is 29.8 Å². The van der Waals surface area contributed by atoms with Crippen LogP contribution in [0.25, 0.3) is 11.2 Å². The van der Waals surface area contributed by atoms with Crippen molar-refractivity contribution in [2.24, 2.45) is 0 Å². The number of carbonyl (C=O) groups excluding carboxylic acids is 1. The van der Waals surface area contributed by atoms with E-state index in [0.29, 0.717) is 24.0 Å². The van der Waals surface area contributed by atoms with Gasteiger partial charge in [-0.1, -0.05) is 38.8 Å². The number of amides is 1. The van der Waals surface area contributed by atoms with Gasteiger partial charge in [0.2, 0.25) is 0 Å². The Hall–Kier alpha value is -3.71. The molecule has 0 bridgehead atoms. The van der Waals surface area contributed by atoms with Gasteiger partial charge >= 0.3 is 6.09 Å². The summed E-state index contributed by atoms with van der Waals surface area (Å²) < 4.78 is 21.3. The summed E-state index contributed by atoms with van der Waals surface area (Å²) in [5, 5.41) is 4.47. The molecule has 2 aromatic heterocycles. The molecule has 2 fully saturated rings. The van der Waals surface area contributed by atoms with E-state index in [0.717, 1.165) is 97.5 Å². The van der Waals surface area contributed by atoms with Crippen molar-refractivity contribution in [2.75, 3.05) is 30.7 Å². The molecule has 2 aliphatic rings. The molecule has 3 heterocycles. The highest BCUT2D eigenvalue weighted by atomic mass is 31.2. The molecular formula is C34H43N6O3P. The first-order valence-electron chi connectivity index (χ1n) is 16.2. The van der Waals surface area contributed by atoms with Crippen LogP contribution in [0.1, 0.15) is 76.1 Å². The predicted octanol–water partition coefficient (Wildman–Crippen LogP) is 7.48. The Kier molecular flexibility index (Phi) is 9.31. The van der Waals surface area contributed by atoms with Gasteiger partial charge in [0.05, 0.1) is 6.33 Å². The Morgan fingerprint density at radius 2 is 1.75 bits per heavy atom. The largest absolute Gasteiger partial charge is 0.415 e. The standard InChI is InChI=1S/C34H43N6O3P/c1-3-21-44(42,22-4-2)29-15-13-27(14-16-29)36-32-30-33(38-31(37-32)26-10-5-6-11-26)40(24-35-30)20-17-25-9-7-12-28(23-25)43-34(41)39-18-8-19-39/h7,9,12-16,23-24,26H,3-6,8,10-11,17-22H2,1-2H3,(H,36,37,38). The second-order valence-corrected chi connectivity index (χ2v) is 15.3. The zero-order chi connectivity index (χ0) is 30.5. The number of imidazole rings is 1. The van der Waals surface area contributed by atoms with Gasteiger partial charge < -0.3 is 24.1 Å². The zero-order valence-corrected chi connectivity index (χ0v) is 26.8. The summed E-state index contributed by atoms with van der Waals surface area (Å²) in [6.07, 6.45) is 11.2. The van der Waals surface area contributed by atoms with Gasteiger partial charge in [0.25, 0.3) is 0 Å². The van der Waals surface area contributed by atoms with E-state index < -0.39 is 7.14 Å². The molecule has 6 rings (SSSR count). The number of anilines is 2. The van der Waals surface area contributed by atoms with Crippen molar-refractivity contribution in [3.8, 4) is 5.75 Å². The van der Waals surface area contributed by atoms with Crippen molar-refractivity contribution < 1.29 is 14.1 Å². The van der Waals surface area contributed by atoms with Crippen molar-refractivity contribution in [3.63, 3.8) is 0 Å². The zero-order valence-electron chi connectivity index (χ0n) is 25.9. The van der Waals surface area contributed by atoms with Gasteiger partial charge in [-0.2, -0.15) is 0 Å². The van der Waals surface area contributed by atoms with Crippen molar-refractivity contribution in [2.45, 2.75) is 77.7 Å². The first kappa shape index (κ1) is 30.3. The SMILES string of the molecule is CCCP(=O)(CCC)c1ccc(Nc2nc(C3CCCC3)nc3c2ncn3CCc2cccc(OC(=O)N3CCC3)c2)cc1. The molecule has 4 aromatic rings. The van der Waals surface area contributed by atoms with E-state index in [1.165, 1.54) is 12.8 Å². The van der Waals surface area contributed by atoms with Crippen LogP contribution >= 0.6 is 7.14 Å². The Balaban J connectivity index is 1.23. The normalized spacial score (nSPS) is 15.5. The highest BCUT2D eigenvalue weighted by Gasteiger charge is 2.25. The summed E-state index contributed by atoms with van der Waals surface area (Å²) in [4.78, 5) is 28.8. The molecule has 0 spiro atoms. The van der Waals surface area contributed by atoms with Crippen LogP contribution < -0.4 is 15.4 Å². The Bertz CT molecular complexity index is 1630. The number of nitrogens with one attached hydrogen (secondary N) is 1. The van der Waals surface area contributed by atoms with Crippen molar-refractivity contribution in [1.29, 1.82) is 0 Å². The van der Waals surface area contributed by atoms with Crippen molar-refractivity contribution in [1.82, 2.24) is 24.4 Å². The third kappa shape index (κ3) is 6.68. The van der Waals surface area contributed by atoms with Crippen LogP contribution in [0, 0.1) is 0 Å². The monoisotopic (exact) mass is 614 g/mol. The smallest absolute Gasteiger partial charge is 0.410 e. The van der Waals surface area contributed by atoms with Gasteiger partial charge in [0.15, 0.2) is 17.0 Å². The number of aryl methyl sites for hydroxylation is 2. The highest BCUT2D eigenvalue weighted by Crippen LogP contribution is 2.45. The summed E-state index contributed by atoms with van der Waals surface area (Å²) >= 11 is 0. The molecular weight excluding hydrogens is 571 g/mol.